The summed E-state index contributed by atoms with van der Waals surface area (Å²) < 4.78 is 78.3. The Bertz CT molecular complexity index is 9500. The summed E-state index contributed by atoms with van der Waals surface area (Å²) in [5.41, 5.74) is 31.8. The van der Waals surface area contributed by atoms with Gasteiger partial charge in [-0.05, 0) is 191 Å². The third kappa shape index (κ3) is 18.6. The molecule has 0 fully saturated rings. The predicted octanol–water partition coefficient (Wildman–Crippen LogP) is 28.5. The van der Waals surface area contributed by atoms with Crippen molar-refractivity contribution in [1.82, 2.24) is 28.5 Å². The number of fused-ring (bicyclic) bond motifs is 19. The first kappa shape index (κ1) is 86.4. The van der Waals surface area contributed by atoms with Gasteiger partial charge >= 0.3 is 0 Å². The molecule has 24 aromatic rings. The van der Waals surface area contributed by atoms with Gasteiger partial charge in [-0.1, -0.05) is 256 Å². The molecule has 8 aromatic heterocycles. The number of imidazole rings is 3. The third-order valence-electron chi connectivity index (χ3n) is 27.3. The summed E-state index contributed by atoms with van der Waals surface area (Å²) in [7, 11) is 0. The van der Waals surface area contributed by atoms with Crippen LogP contribution in [-0.2, 0) is 76.6 Å². The van der Waals surface area contributed by atoms with E-state index in [2.05, 4.69) is 381 Å². The molecule has 12 nitrogen and oxygen atoms in total. The minimum Gasteiger partial charge on any atom is -0.512 e. The number of hydrogen-bond acceptors (Lipinski definition) is 5. The van der Waals surface area contributed by atoms with Crippen LogP contribution in [-0.4, -0.2) is 39.4 Å². The number of carbonyl (C=O) groups is 1. The van der Waals surface area contributed by atoms with Gasteiger partial charge in [-0.25, -0.2) is 13.7 Å². The van der Waals surface area contributed by atoms with Crippen LogP contribution in [0.15, 0.2) is 443 Å². The molecule has 5 aliphatic rings. The van der Waals surface area contributed by atoms with Gasteiger partial charge in [-0.15, -0.1) is 107 Å². The van der Waals surface area contributed by atoms with Crippen molar-refractivity contribution in [3.63, 3.8) is 0 Å². The fourth-order valence-electron chi connectivity index (χ4n) is 20.9. The van der Waals surface area contributed by atoms with Gasteiger partial charge in [0.15, 0.2) is 35.2 Å². The molecule has 4 aliphatic heterocycles. The monoisotopic (exact) mass is 2240 g/mol. The summed E-state index contributed by atoms with van der Waals surface area (Å²) in [4.78, 5) is 23.4. The van der Waals surface area contributed by atoms with Gasteiger partial charge in [0, 0.05) is 126 Å². The number of benzene rings is 16. The minimum atomic E-state index is -0.411. The van der Waals surface area contributed by atoms with E-state index in [1.807, 2.05) is 104 Å². The van der Waals surface area contributed by atoms with E-state index >= 15 is 0 Å². The van der Waals surface area contributed by atoms with E-state index in [9.17, 15) is 4.79 Å². The number of carbonyl (C=O) groups excluding carboxylic acids is 1. The number of aromatic nitrogens is 10. The maximum absolute atomic E-state index is 10.0. The number of aliphatic hydroxyl groups is 1. The molecule has 14 heteroatoms. The number of aryl methyl sites for hydroxylation is 4. The summed E-state index contributed by atoms with van der Waals surface area (Å²) in [6, 6.07) is 129. The van der Waals surface area contributed by atoms with Crippen LogP contribution in [0.3, 0.4) is 0 Å². The Morgan fingerprint density at radius 1 is 0.448 bits per heavy atom. The summed E-state index contributed by atoms with van der Waals surface area (Å²) >= 11 is 0. The number of allylic oxidation sites excluding steroid dienone is 2. The molecule has 1 aliphatic carbocycles. The molecule has 2 radical (unpaired) electrons. The van der Waals surface area contributed by atoms with Crippen molar-refractivity contribution in [3.05, 3.63) is 517 Å². The van der Waals surface area contributed by atoms with Crippen LogP contribution in [0.4, 0.5) is 0 Å². The summed E-state index contributed by atoms with van der Waals surface area (Å²) in [5, 5.41) is 22.5. The van der Waals surface area contributed by atoms with Gasteiger partial charge < -0.3 is 20.1 Å². The number of nitrogens with zero attached hydrogens (tertiary/aromatic N) is 10. The summed E-state index contributed by atoms with van der Waals surface area (Å²) in [6.07, 6.45) is 13.2. The zero-order valence-electron chi connectivity index (χ0n) is 89.3. The van der Waals surface area contributed by atoms with E-state index in [0.29, 0.717) is 5.56 Å². The van der Waals surface area contributed by atoms with E-state index in [-0.39, 0.29) is 111 Å². The first-order valence-corrected chi connectivity index (χ1v) is 48.2. The number of pyridine rings is 5. The molecule has 0 spiro atoms. The van der Waals surface area contributed by atoms with Crippen molar-refractivity contribution in [2.75, 3.05) is 0 Å². The molecule has 0 atom stereocenters. The Morgan fingerprint density at radius 3 is 1.74 bits per heavy atom. The van der Waals surface area contributed by atoms with Crippen molar-refractivity contribution in [2.24, 2.45) is 0 Å². The fourth-order valence-corrected chi connectivity index (χ4v) is 20.9. The molecular weight excluding hydrogens is 2130 g/mol. The van der Waals surface area contributed by atoms with Crippen LogP contribution < -0.4 is 18.3 Å². The Morgan fingerprint density at radius 2 is 1.02 bits per heavy atom. The van der Waals surface area contributed by atoms with Gasteiger partial charge in [0.2, 0.25) is 5.69 Å². The van der Waals surface area contributed by atoms with E-state index in [1.54, 1.807) is 0 Å². The molecular formula is C131H105Ir2N10O2+. The zero-order chi connectivity index (χ0) is 104. The van der Waals surface area contributed by atoms with Gasteiger partial charge in [0.1, 0.15) is 56.5 Å². The molecule has 12 heterocycles. The predicted molar refractivity (Wildman–Crippen MR) is 581 cm³/mol. The van der Waals surface area contributed by atoms with Crippen LogP contribution >= 0.6 is 0 Å². The van der Waals surface area contributed by atoms with Crippen LogP contribution in [0.25, 0.3) is 172 Å². The van der Waals surface area contributed by atoms with Crippen molar-refractivity contribution in [3.8, 4) is 90.4 Å². The number of ketones is 1. The number of para-hydroxylation sites is 2. The van der Waals surface area contributed by atoms with Crippen molar-refractivity contribution >= 4 is 87.2 Å². The minimum absolute atomic E-state index is 0. The molecule has 16 aromatic carbocycles. The largest absolute Gasteiger partial charge is 0.512 e. The van der Waals surface area contributed by atoms with Crippen LogP contribution in [0, 0.1) is 45.9 Å². The van der Waals surface area contributed by atoms with E-state index in [4.69, 9.17) is 16.1 Å². The second-order valence-electron chi connectivity index (χ2n) is 37.1. The molecule has 29 rings (SSSR count). The topological polar surface area (TPSA) is 106 Å². The van der Waals surface area contributed by atoms with Crippen molar-refractivity contribution < 1.29 is 79.3 Å². The number of hydrogen-bond donors (Lipinski definition) is 1. The van der Waals surface area contributed by atoms with E-state index < -0.39 is 12.1 Å². The number of aliphatic hydroxyl groups excluding tert-OH is 1. The Balaban J connectivity index is 0.000000107. The standard InChI is InChI=1S/C25H21N2.C24H17N2.C20H15N2.C18H14N.C15H10N.2C12H10N.C5H8O2.2Ir/c1-15-10-11-21-20(12-15)19-9-5-8-18-13-26-14-22(27(21)25(26)24(18)19)23-16(2)6-4-7-17(23)3;1-3-11-19-17(8-1)10-7-15-21(19)26-23-14-6-5-13-22(23)25-16-18-9-2-4-12-20(18)24(25)26;1-3-9-17-15(6-1)8-5-11-19(17)22-13-12-21-14-16-7-2-4-10-18(16)20(21)22;1-18(2)14-8-4-3-7-13(14)17-16-12(10-11-19-17)6-5-9-15(16)18;1-2-7-13(8-3-1)15-14-9-5-4-6-12(14)10-11-16-15;1-2-6-11-10(5-1)9-13-8-4-3-7-12(11)13;1-10-7-8-12(13-9-10)11-5-3-2-4-6-11;1-4(6)3-5(2)7;;/h4-12,14H,13H2,1-3H3;1-15H,16H2;1-13H,14H2;3-6,8-11H,1-2H3;1-7,9-11H;1-8H,9H2;2-5,7-9H,1H3;3,6H,1-2H3;;/q3*+1;2*-1;+1;-1;;;/i;;;;;1D,2D,3D,4D,5D,6D,7D,8D;;;;. The summed E-state index contributed by atoms with van der Waals surface area (Å²) in [5.74, 6) is 2.48. The molecule has 0 amide bonds. The Labute approximate surface area is 883 Å². The Hall–Kier alpha value is -16.4. The van der Waals surface area contributed by atoms with Crippen LogP contribution in [0.1, 0.15) is 94.3 Å². The van der Waals surface area contributed by atoms with Gasteiger partial charge in [0.25, 0.3) is 17.3 Å². The van der Waals surface area contributed by atoms with Gasteiger partial charge in [-0.3, -0.25) is 4.79 Å². The smallest absolute Gasteiger partial charge is 0.295 e. The first-order valence-electron chi connectivity index (χ1n) is 52.2. The van der Waals surface area contributed by atoms with E-state index in [1.165, 1.54) is 201 Å². The first-order chi connectivity index (χ1) is 73.4. The normalized spacial score (nSPS) is 13.0. The quantitative estimate of drug-likeness (QED) is 0.0587. The molecule has 0 saturated heterocycles. The fraction of sp³-hybridized carbons (Fsp3) is 0.0992. The second kappa shape index (κ2) is 41.6. The third-order valence-corrected chi connectivity index (χ3v) is 27.3. The molecule has 708 valence electrons. The van der Waals surface area contributed by atoms with Crippen LogP contribution in [0.2, 0.25) is 0 Å². The molecule has 145 heavy (non-hydrogen) atoms. The maximum Gasteiger partial charge on any atom is 0.295 e. The molecule has 1 N–H and O–H groups in total. The van der Waals surface area contributed by atoms with Crippen molar-refractivity contribution in [1.29, 1.82) is 0 Å². The average Bonchev–Trinajstić information content (AvgIpc) is 1.28. The Kier molecular flexibility index (Phi) is 24.8. The summed E-state index contributed by atoms with van der Waals surface area (Å²) in [6.45, 7) is 18.9. The second-order valence-corrected chi connectivity index (χ2v) is 37.1. The van der Waals surface area contributed by atoms with Gasteiger partial charge in [0.05, 0.1) is 37.4 Å². The number of rotatable bonds is 6. The van der Waals surface area contributed by atoms with Crippen molar-refractivity contribution in [2.45, 2.75) is 87.0 Å². The SMILES string of the molecule is CC(=O)C=C(C)O.CC1(C)c2ccc[c-]c2-c2nccc3cccc1c23.Cc1ccc(-c2[c-]cccc2)nc1.Cc1ccc2c(c1)c1cccc3c1c1n2c(-c2c(C)cccc2C)c[n+]1C3.[2H]c1c([2H])c([2H])c2c(c1[2H])C[n+]1c([2H])c([2H])c([2H])c([2H])c1-2.[Ir].[Ir].[c-]1ccccc1-c1nccc2ccccc12.c1ccc2c(c1)C[n+]1c-2n(-c2cccc3ccccc23)c2ccccc21.c1ccc2c(c1)C[n+]1ccn(-c3cccc4ccccc34)c1-2. The molecule has 0 unspecified atom stereocenters. The van der Waals surface area contributed by atoms with E-state index in [0.717, 1.165) is 53.4 Å². The molecule has 0 saturated carbocycles. The zero-order valence-corrected chi connectivity index (χ0v) is 86.1. The van der Waals surface area contributed by atoms with Crippen LogP contribution in [0.5, 0.6) is 0 Å². The molecule has 0 bridgehead atoms. The van der Waals surface area contributed by atoms with Gasteiger partial charge in [-0.2, -0.15) is 18.1 Å². The average molecular weight is 2240 g/mol. The maximum atomic E-state index is 10.0.